The zero-order valence-electron chi connectivity index (χ0n) is 16.5. The summed E-state index contributed by atoms with van der Waals surface area (Å²) in [5.74, 6) is 1.06. The molecule has 1 N–H and O–H groups in total. The fourth-order valence-corrected chi connectivity index (χ4v) is 4.72. The first kappa shape index (κ1) is 16.8. The molecule has 1 atom stereocenters. The summed E-state index contributed by atoms with van der Waals surface area (Å²) in [6.45, 7) is 6.54. The lowest BCUT2D eigenvalue weighted by atomic mass is 9.90. The zero-order valence-corrected chi connectivity index (χ0v) is 16.5. The van der Waals surface area contributed by atoms with E-state index in [9.17, 15) is 0 Å². The highest BCUT2D eigenvalue weighted by Crippen LogP contribution is 2.49. The van der Waals surface area contributed by atoms with Crippen molar-refractivity contribution < 1.29 is 9.64 Å². The van der Waals surface area contributed by atoms with Crippen LogP contribution in [-0.2, 0) is 0 Å². The molecule has 4 heteroatoms. The van der Waals surface area contributed by atoms with Gasteiger partial charge in [-0.3, -0.25) is 0 Å². The van der Waals surface area contributed by atoms with Crippen LogP contribution in [0.2, 0.25) is 0 Å². The maximum Gasteiger partial charge on any atom is 0.208 e. The summed E-state index contributed by atoms with van der Waals surface area (Å²) in [6.07, 6.45) is 2.99. The van der Waals surface area contributed by atoms with Crippen LogP contribution in [-0.4, -0.2) is 36.6 Å². The van der Waals surface area contributed by atoms with Gasteiger partial charge in [0.15, 0.2) is 0 Å². The Morgan fingerprint density at radius 3 is 2.48 bits per heavy atom. The number of likely N-dealkylation sites (tertiary alicyclic amines) is 1. The Morgan fingerprint density at radius 1 is 1.04 bits per heavy atom. The number of hydrazone groups is 1. The van der Waals surface area contributed by atoms with Crippen LogP contribution >= 0.6 is 0 Å². The Hall–Kier alpha value is -2.33. The summed E-state index contributed by atoms with van der Waals surface area (Å²) in [5, 5.41) is 7.47. The SMILES string of the molecule is Cc1ccc(C2=NN3[C@H](C2)c2cc(C)ccc2OC32CC[NH+](C)CC2)cc1. The number of ether oxygens (including phenoxy) is 1. The molecule has 140 valence electrons. The Kier molecular flexibility index (Phi) is 3.80. The highest BCUT2D eigenvalue weighted by Gasteiger charge is 2.52. The van der Waals surface area contributed by atoms with Gasteiger partial charge in [0.25, 0.3) is 0 Å². The predicted octanol–water partition coefficient (Wildman–Crippen LogP) is 2.85. The van der Waals surface area contributed by atoms with Gasteiger partial charge < -0.3 is 9.64 Å². The number of aryl methyl sites for hydroxylation is 2. The first-order valence-corrected chi connectivity index (χ1v) is 10.1. The van der Waals surface area contributed by atoms with E-state index in [-0.39, 0.29) is 11.8 Å². The third kappa shape index (κ3) is 2.74. The van der Waals surface area contributed by atoms with E-state index in [0.717, 1.165) is 38.1 Å². The van der Waals surface area contributed by atoms with E-state index in [4.69, 9.17) is 9.84 Å². The van der Waals surface area contributed by atoms with Crippen molar-refractivity contribution in [3.8, 4) is 5.75 Å². The molecule has 0 unspecified atom stereocenters. The number of nitrogens with zero attached hydrogens (tertiary/aromatic N) is 2. The quantitative estimate of drug-likeness (QED) is 0.845. The Balaban J connectivity index is 1.58. The van der Waals surface area contributed by atoms with Crippen molar-refractivity contribution in [2.24, 2.45) is 5.10 Å². The number of piperidine rings is 1. The first-order chi connectivity index (χ1) is 13.0. The standard InChI is InChI=1S/C23H27N3O/c1-16-4-7-18(8-5-16)20-15-21-19-14-17(2)6-9-22(19)27-23(26(21)24-20)10-12-25(3)13-11-23/h4-9,14,21H,10-13,15H2,1-3H3/p+1/t21-/m1/s1. The van der Waals surface area contributed by atoms with Crippen LogP contribution in [0.1, 0.15) is 47.6 Å². The fourth-order valence-electron chi connectivity index (χ4n) is 4.72. The summed E-state index contributed by atoms with van der Waals surface area (Å²) in [7, 11) is 2.27. The maximum absolute atomic E-state index is 6.69. The molecule has 5 rings (SSSR count). The number of hydrogen-bond acceptors (Lipinski definition) is 3. The molecule has 2 aromatic rings. The molecule has 27 heavy (non-hydrogen) atoms. The normalized spacial score (nSPS) is 29.1. The Morgan fingerprint density at radius 2 is 1.74 bits per heavy atom. The number of rotatable bonds is 1. The van der Waals surface area contributed by atoms with Crippen molar-refractivity contribution in [1.82, 2.24) is 5.01 Å². The lowest BCUT2D eigenvalue weighted by Crippen LogP contribution is -3.11. The van der Waals surface area contributed by atoms with Crippen LogP contribution in [0.3, 0.4) is 0 Å². The molecule has 0 aromatic heterocycles. The minimum Gasteiger partial charge on any atom is -0.466 e. The van der Waals surface area contributed by atoms with Crippen molar-refractivity contribution in [2.45, 2.75) is 44.9 Å². The molecule has 1 fully saturated rings. The molecular weight excluding hydrogens is 334 g/mol. The number of benzene rings is 2. The molecule has 3 aliphatic rings. The highest BCUT2D eigenvalue weighted by atomic mass is 16.5. The smallest absolute Gasteiger partial charge is 0.208 e. The zero-order chi connectivity index (χ0) is 18.6. The summed E-state index contributed by atoms with van der Waals surface area (Å²) in [5.41, 5.74) is 5.98. The topological polar surface area (TPSA) is 29.3 Å². The van der Waals surface area contributed by atoms with Crippen molar-refractivity contribution >= 4 is 5.71 Å². The van der Waals surface area contributed by atoms with Crippen molar-refractivity contribution in [1.29, 1.82) is 0 Å². The molecule has 1 saturated heterocycles. The average Bonchev–Trinajstić information content (AvgIpc) is 3.12. The fraction of sp³-hybridized carbons (Fsp3) is 0.435. The summed E-state index contributed by atoms with van der Waals surface area (Å²) in [6, 6.07) is 15.7. The lowest BCUT2D eigenvalue weighted by Gasteiger charge is -2.49. The summed E-state index contributed by atoms with van der Waals surface area (Å²) < 4.78 is 6.69. The van der Waals surface area contributed by atoms with Crippen LogP contribution in [0.4, 0.5) is 0 Å². The average molecular weight is 362 g/mol. The number of quaternary nitrogens is 1. The minimum absolute atomic E-state index is 0.281. The van der Waals surface area contributed by atoms with Crippen LogP contribution in [0.25, 0.3) is 0 Å². The first-order valence-electron chi connectivity index (χ1n) is 10.1. The van der Waals surface area contributed by atoms with Gasteiger partial charge in [-0.2, -0.15) is 5.10 Å². The van der Waals surface area contributed by atoms with E-state index in [1.165, 1.54) is 28.0 Å². The molecule has 0 radical (unpaired) electrons. The van der Waals surface area contributed by atoms with E-state index in [2.05, 4.69) is 68.4 Å². The van der Waals surface area contributed by atoms with E-state index in [0.29, 0.717) is 0 Å². The maximum atomic E-state index is 6.69. The molecule has 4 nitrogen and oxygen atoms in total. The van der Waals surface area contributed by atoms with E-state index >= 15 is 0 Å². The Bertz CT molecular complexity index is 894. The number of hydrogen-bond donors (Lipinski definition) is 1. The largest absolute Gasteiger partial charge is 0.466 e. The van der Waals surface area contributed by atoms with Gasteiger partial charge in [0.1, 0.15) is 5.75 Å². The van der Waals surface area contributed by atoms with Crippen LogP contribution < -0.4 is 9.64 Å². The van der Waals surface area contributed by atoms with Gasteiger partial charge in [-0.15, -0.1) is 0 Å². The van der Waals surface area contributed by atoms with Gasteiger partial charge in [0.2, 0.25) is 5.72 Å². The summed E-state index contributed by atoms with van der Waals surface area (Å²) >= 11 is 0. The van der Waals surface area contributed by atoms with Gasteiger partial charge >= 0.3 is 0 Å². The molecule has 0 aliphatic carbocycles. The van der Waals surface area contributed by atoms with Crippen LogP contribution in [0.5, 0.6) is 5.75 Å². The molecule has 2 aromatic carbocycles. The molecule has 3 heterocycles. The molecule has 0 bridgehead atoms. The van der Waals surface area contributed by atoms with Gasteiger partial charge in [0, 0.05) is 12.0 Å². The molecule has 1 spiro atoms. The second kappa shape index (κ2) is 6.10. The van der Waals surface area contributed by atoms with E-state index < -0.39 is 0 Å². The number of fused-ring (bicyclic) bond motifs is 4. The van der Waals surface area contributed by atoms with Crippen molar-refractivity contribution in [2.75, 3.05) is 20.1 Å². The second-order valence-corrected chi connectivity index (χ2v) is 8.52. The Labute approximate surface area is 161 Å². The van der Waals surface area contributed by atoms with Gasteiger partial charge in [-0.1, -0.05) is 47.5 Å². The monoisotopic (exact) mass is 362 g/mol. The molecule has 0 amide bonds. The van der Waals surface area contributed by atoms with Gasteiger partial charge in [-0.05, 0) is 25.5 Å². The van der Waals surface area contributed by atoms with Gasteiger partial charge in [0.05, 0.1) is 44.7 Å². The van der Waals surface area contributed by atoms with Crippen molar-refractivity contribution in [3.63, 3.8) is 0 Å². The van der Waals surface area contributed by atoms with E-state index in [1.54, 1.807) is 4.90 Å². The summed E-state index contributed by atoms with van der Waals surface area (Å²) in [4.78, 5) is 1.58. The lowest BCUT2D eigenvalue weighted by molar-refractivity contribution is -0.888. The molecule has 3 aliphatic heterocycles. The molecular formula is C23H28N3O+. The third-order valence-corrected chi connectivity index (χ3v) is 6.42. The van der Waals surface area contributed by atoms with Crippen LogP contribution in [0, 0.1) is 13.8 Å². The third-order valence-electron chi connectivity index (χ3n) is 6.42. The van der Waals surface area contributed by atoms with Gasteiger partial charge in [-0.25, -0.2) is 5.01 Å². The number of nitrogens with one attached hydrogen (secondary N) is 1. The highest BCUT2D eigenvalue weighted by molar-refractivity contribution is 6.02. The second-order valence-electron chi connectivity index (χ2n) is 8.52. The predicted molar refractivity (Wildman–Crippen MR) is 107 cm³/mol. The molecule has 0 saturated carbocycles. The van der Waals surface area contributed by atoms with E-state index in [1.807, 2.05) is 0 Å². The van der Waals surface area contributed by atoms with Crippen molar-refractivity contribution in [3.05, 3.63) is 64.7 Å². The van der Waals surface area contributed by atoms with Crippen LogP contribution in [0.15, 0.2) is 47.6 Å². The minimum atomic E-state index is -0.293.